The van der Waals surface area contributed by atoms with Gasteiger partial charge in [-0.2, -0.15) is 0 Å². The second-order valence-corrected chi connectivity index (χ2v) is 8.13. The minimum absolute atomic E-state index is 0.104. The van der Waals surface area contributed by atoms with Crippen LogP contribution in [0, 0.1) is 20.8 Å². The number of hydrogen-bond donors (Lipinski definition) is 1. The number of hydrogen-bond acceptors (Lipinski definition) is 5. The molecule has 0 bridgehead atoms. The topological polar surface area (TPSA) is 89.5 Å². The van der Waals surface area contributed by atoms with Gasteiger partial charge in [-0.3, -0.25) is 9.59 Å². The number of ether oxygens (including phenoxy) is 1. The number of carbonyl (C=O) groups is 2. The molecular formula is C20H23NO5S. The fourth-order valence-electron chi connectivity index (χ4n) is 2.42. The third-order valence-corrected chi connectivity index (χ3v) is 5.49. The van der Waals surface area contributed by atoms with Crippen LogP contribution in [0.4, 0.5) is 0 Å². The average Bonchev–Trinajstić information content (AvgIpc) is 2.62. The molecule has 0 saturated heterocycles. The van der Waals surface area contributed by atoms with Crippen molar-refractivity contribution >= 4 is 21.8 Å². The number of benzene rings is 2. The zero-order valence-electron chi connectivity index (χ0n) is 15.6. The van der Waals surface area contributed by atoms with E-state index in [4.69, 9.17) is 4.74 Å². The number of sulfonamides is 1. The lowest BCUT2D eigenvalue weighted by atomic mass is 10.0. The Morgan fingerprint density at radius 1 is 0.963 bits per heavy atom. The van der Waals surface area contributed by atoms with E-state index in [0.29, 0.717) is 5.56 Å². The van der Waals surface area contributed by atoms with Crippen molar-refractivity contribution in [3.63, 3.8) is 0 Å². The number of carbonyl (C=O) groups excluding carboxylic acids is 2. The van der Waals surface area contributed by atoms with Crippen molar-refractivity contribution in [2.24, 2.45) is 0 Å². The summed E-state index contributed by atoms with van der Waals surface area (Å²) in [5, 5.41) is 0. The van der Waals surface area contributed by atoms with E-state index < -0.39 is 16.0 Å². The van der Waals surface area contributed by atoms with Crippen LogP contribution in [-0.4, -0.2) is 33.3 Å². The van der Waals surface area contributed by atoms with Gasteiger partial charge in [0.15, 0.2) is 6.61 Å². The maximum absolute atomic E-state index is 12.2. The number of aryl methyl sites for hydroxylation is 3. The van der Waals surface area contributed by atoms with E-state index in [1.54, 1.807) is 18.2 Å². The predicted molar refractivity (Wildman–Crippen MR) is 102 cm³/mol. The quantitative estimate of drug-likeness (QED) is 0.554. The molecule has 0 aromatic heterocycles. The summed E-state index contributed by atoms with van der Waals surface area (Å²) < 4.78 is 31.6. The highest BCUT2D eigenvalue weighted by atomic mass is 32.2. The zero-order valence-corrected chi connectivity index (χ0v) is 16.4. The van der Waals surface area contributed by atoms with Crippen LogP contribution in [0.15, 0.2) is 47.4 Å². The smallest absolute Gasteiger partial charge is 0.307 e. The van der Waals surface area contributed by atoms with Gasteiger partial charge >= 0.3 is 5.97 Å². The first-order chi connectivity index (χ1) is 12.7. The number of nitrogens with one attached hydrogen (secondary N) is 1. The number of rotatable bonds is 8. The average molecular weight is 389 g/mol. The molecule has 0 fully saturated rings. The van der Waals surface area contributed by atoms with E-state index in [2.05, 4.69) is 4.72 Å². The number of ketones is 1. The summed E-state index contributed by atoms with van der Waals surface area (Å²) in [6, 6.07) is 11.9. The van der Waals surface area contributed by atoms with Gasteiger partial charge in [0, 0.05) is 12.1 Å². The number of Topliss-reactive ketones (excluding diaryl/α,β-unsaturated/α-hetero) is 1. The van der Waals surface area contributed by atoms with Crippen LogP contribution >= 0.6 is 0 Å². The fourth-order valence-corrected chi connectivity index (χ4v) is 3.45. The highest BCUT2D eigenvalue weighted by molar-refractivity contribution is 7.89. The highest BCUT2D eigenvalue weighted by Gasteiger charge is 2.16. The van der Waals surface area contributed by atoms with Crippen LogP contribution in [0.25, 0.3) is 0 Å². The van der Waals surface area contributed by atoms with E-state index in [1.807, 2.05) is 32.9 Å². The molecule has 0 spiro atoms. The Kier molecular flexibility index (Phi) is 6.87. The lowest BCUT2D eigenvalue weighted by molar-refractivity contribution is -0.142. The molecule has 0 heterocycles. The largest absolute Gasteiger partial charge is 0.457 e. The van der Waals surface area contributed by atoms with E-state index in [-0.39, 0.29) is 30.3 Å². The molecule has 1 N–H and O–H groups in total. The van der Waals surface area contributed by atoms with E-state index in [9.17, 15) is 18.0 Å². The Bertz CT molecular complexity index is 933. The van der Waals surface area contributed by atoms with Crippen molar-refractivity contribution in [2.75, 3.05) is 13.2 Å². The first-order valence-electron chi connectivity index (χ1n) is 8.51. The maximum Gasteiger partial charge on any atom is 0.307 e. The molecule has 0 radical (unpaired) electrons. The normalized spacial score (nSPS) is 11.2. The molecule has 2 aromatic rings. The molecule has 0 amide bonds. The summed E-state index contributed by atoms with van der Waals surface area (Å²) >= 11 is 0. The second kappa shape index (κ2) is 8.92. The highest BCUT2D eigenvalue weighted by Crippen LogP contribution is 2.12. The summed E-state index contributed by atoms with van der Waals surface area (Å²) in [6.07, 6.45) is -0.162. The minimum atomic E-state index is -3.68. The van der Waals surface area contributed by atoms with Gasteiger partial charge in [0.1, 0.15) is 0 Å². The fraction of sp³-hybridized carbons (Fsp3) is 0.300. The molecule has 0 aliphatic heterocycles. The van der Waals surface area contributed by atoms with Crippen LogP contribution in [0.3, 0.4) is 0 Å². The van der Waals surface area contributed by atoms with Gasteiger partial charge in [0.25, 0.3) is 0 Å². The maximum atomic E-state index is 12.2. The van der Waals surface area contributed by atoms with Gasteiger partial charge in [-0.05, 0) is 44.5 Å². The summed E-state index contributed by atoms with van der Waals surface area (Å²) in [7, 11) is -3.68. The molecule has 6 nitrogen and oxygen atoms in total. The lowest BCUT2D eigenvalue weighted by Crippen LogP contribution is -2.27. The molecular weight excluding hydrogens is 366 g/mol. The van der Waals surface area contributed by atoms with Gasteiger partial charge in [0.2, 0.25) is 15.8 Å². The van der Waals surface area contributed by atoms with E-state index >= 15 is 0 Å². The first kappa shape index (κ1) is 20.8. The Hall–Kier alpha value is -2.51. The van der Waals surface area contributed by atoms with Crippen molar-refractivity contribution < 1.29 is 22.7 Å². The summed E-state index contributed by atoms with van der Waals surface area (Å²) in [6.45, 7) is 5.08. The van der Waals surface area contributed by atoms with Gasteiger partial charge in [-0.25, -0.2) is 13.1 Å². The predicted octanol–water partition coefficient (Wildman–Crippen LogP) is 2.71. The van der Waals surface area contributed by atoms with Gasteiger partial charge < -0.3 is 4.74 Å². The molecule has 0 aliphatic rings. The molecule has 0 saturated carbocycles. The van der Waals surface area contributed by atoms with Crippen LogP contribution in [0.5, 0.6) is 0 Å². The Labute approximate surface area is 159 Å². The molecule has 2 rings (SSSR count). The van der Waals surface area contributed by atoms with Crippen LogP contribution in [-0.2, 0) is 19.6 Å². The van der Waals surface area contributed by atoms with E-state index in [1.165, 1.54) is 12.1 Å². The molecule has 7 heteroatoms. The molecule has 144 valence electrons. The van der Waals surface area contributed by atoms with Crippen molar-refractivity contribution in [3.05, 3.63) is 64.7 Å². The Morgan fingerprint density at radius 2 is 1.59 bits per heavy atom. The van der Waals surface area contributed by atoms with Crippen molar-refractivity contribution in [1.82, 2.24) is 4.72 Å². The van der Waals surface area contributed by atoms with Crippen molar-refractivity contribution in [1.29, 1.82) is 0 Å². The van der Waals surface area contributed by atoms with Crippen LogP contribution in [0.1, 0.15) is 33.5 Å². The number of esters is 1. The Morgan fingerprint density at radius 3 is 2.26 bits per heavy atom. The summed E-state index contributed by atoms with van der Waals surface area (Å²) in [5.74, 6) is -0.926. The van der Waals surface area contributed by atoms with E-state index in [0.717, 1.165) is 16.7 Å². The first-order valence-corrected chi connectivity index (χ1v) is 10.00. The SMILES string of the molecule is Cc1ccc(S(=O)(=O)NCCC(=O)OCC(=O)c2cc(C)ccc2C)cc1. The van der Waals surface area contributed by atoms with Gasteiger partial charge in [-0.15, -0.1) is 0 Å². The molecule has 0 unspecified atom stereocenters. The third kappa shape index (κ3) is 6.01. The minimum Gasteiger partial charge on any atom is -0.457 e. The summed E-state index contributed by atoms with van der Waals surface area (Å²) in [5.41, 5.74) is 3.22. The van der Waals surface area contributed by atoms with Gasteiger partial charge in [0.05, 0.1) is 11.3 Å². The van der Waals surface area contributed by atoms with Crippen molar-refractivity contribution in [2.45, 2.75) is 32.1 Å². The van der Waals surface area contributed by atoms with Gasteiger partial charge in [-0.1, -0.05) is 35.4 Å². The third-order valence-electron chi connectivity index (χ3n) is 4.01. The molecule has 0 atom stereocenters. The monoisotopic (exact) mass is 389 g/mol. The standard InChI is InChI=1S/C20H23NO5S/c1-14-5-8-17(9-6-14)27(24,25)21-11-10-20(23)26-13-19(22)18-12-15(2)4-7-16(18)3/h4-9,12,21H,10-11,13H2,1-3H3. The summed E-state index contributed by atoms with van der Waals surface area (Å²) in [4.78, 5) is 24.1. The van der Waals surface area contributed by atoms with Crippen LogP contribution in [0.2, 0.25) is 0 Å². The second-order valence-electron chi connectivity index (χ2n) is 6.36. The van der Waals surface area contributed by atoms with Crippen molar-refractivity contribution in [3.8, 4) is 0 Å². The molecule has 27 heavy (non-hydrogen) atoms. The zero-order chi connectivity index (χ0) is 20.0. The lowest BCUT2D eigenvalue weighted by Gasteiger charge is -2.09. The molecule has 2 aromatic carbocycles. The van der Waals surface area contributed by atoms with Crippen LogP contribution < -0.4 is 4.72 Å². The Balaban J connectivity index is 1.81. The molecule has 0 aliphatic carbocycles.